The van der Waals surface area contributed by atoms with Crippen molar-refractivity contribution in [3.05, 3.63) is 70.9 Å². The molecule has 1 aliphatic heterocycles. The maximum Gasteiger partial charge on any atom is 0.418 e. The number of amides is 2. The van der Waals surface area contributed by atoms with Gasteiger partial charge in [-0.25, -0.2) is 8.78 Å². The van der Waals surface area contributed by atoms with Crippen molar-refractivity contribution in [1.29, 1.82) is 0 Å². The average molecular weight is 594 g/mol. The number of anilines is 2. The number of hydrogen-bond donors (Lipinski definition) is 4. The zero-order valence-electron chi connectivity index (χ0n) is 22.7. The van der Waals surface area contributed by atoms with Crippen LogP contribution >= 0.6 is 0 Å². The maximum absolute atomic E-state index is 14.9. The van der Waals surface area contributed by atoms with Gasteiger partial charge in [-0.3, -0.25) is 14.6 Å². The lowest BCUT2D eigenvalue weighted by Gasteiger charge is -2.27. The molecule has 2 fully saturated rings. The molecule has 1 atom stereocenters. The Kier molecular flexibility index (Phi) is 9.81. The van der Waals surface area contributed by atoms with E-state index in [4.69, 9.17) is 10.5 Å². The Labute approximate surface area is 239 Å². The molecule has 8 nitrogen and oxygen atoms in total. The Balaban J connectivity index is 1.40. The number of carbonyl (C=O) groups is 2. The fourth-order valence-electron chi connectivity index (χ4n) is 4.91. The third kappa shape index (κ3) is 7.64. The first-order valence-electron chi connectivity index (χ1n) is 13.6. The maximum atomic E-state index is 14.9. The van der Waals surface area contributed by atoms with Crippen LogP contribution in [0.15, 0.2) is 53.2 Å². The standard InChI is InChI=1S/C29H32F5N5O3/c30-20-7-9-25(23(12-20)29(32,33)34)38-22-8-6-18(24(31)13-22)15-37-27(41)28(10-11-42-17-28)39-26(40)19(14-35)16-36-21-4-2-1-3-5-21/h6-9,12-14,16,21,38H,1-5,10-11,15,17,35H2,(H,37,41)(H,39,40)/t28-/m0/s1. The predicted octanol–water partition coefficient (Wildman–Crippen LogP) is 4.86. The van der Waals surface area contributed by atoms with E-state index < -0.39 is 46.4 Å². The van der Waals surface area contributed by atoms with Crippen LogP contribution in [0.4, 0.5) is 33.3 Å². The van der Waals surface area contributed by atoms with E-state index in [0.29, 0.717) is 6.07 Å². The second-order valence-electron chi connectivity index (χ2n) is 10.3. The average Bonchev–Trinajstić information content (AvgIpc) is 3.43. The van der Waals surface area contributed by atoms with Crippen molar-refractivity contribution in [2.45, 2.75) is 62.8 Å². The van der Waals surface area contributed by atoms with E-state index in [1.807, 2.05) is 0 Å². The zero-order valence-corrected chi connectivity index (χ0v) is 22.7. The molecule has 226 valence electrons. The predicted molar refractivity (Wildman–Crippen MR) is 147 cm³/mol. The van der Waals surface area contributed by atoms with Crippen molar-refractivity contribution in [3.8, 4) is 0 Å². The lowest BCUT2D eigenvalue weighted by Crippen LogP contribution is -2.59. The molecule has 0 unspecified atom stereocenters. The molecule has 2 aromatic rings. The van der Waals surface area contributed by atoms with Crippen molar-refractivity contribution in [2.24, 2.45) is 10.7 Å². The highest BCUT2D eigenvalue weighted by Crippen LogP contribution is 2.36. The van der Waals surface area contributed by atoms with Crippen LogP contribution in [-0.4, -0.2) is 42.8 Å². The molecular weight excluding hydrogens is 561 g/mol. The molecule has 1 saturated heterocycles. The monoisotopic (exact) mass is 593 g/mol. The van der Waals surface area contributed by atoms with Crippen LogP contribution in [0.1, 0.15) is 49.7 Å². The molecule has 0 aromatic heterocycles. The summed E-state index contributed by atoms with van der Waals surface area (Å²) in [5.41, 5.74) is 2.70. The minimum atomic E-state index is -4.83. The lowest BCUT2D eigenvalue weighted by atomic mass is 9.95. The van der Waals surface area contributed by atoms with Gasteiger partial charge in [-0.05, 0) is 43.2 Å². The Morgan fingerprint density at radius 1 is 1.10 bits per heavy atom. The number of nitrogens with zero attached hydrogens (tertiary/aromatic N) is 1. The summed E-state index contributed by atoms with van der Waals surface area (Å²) in [6.45, 7) is -0.161. The summed E-state index contributed by atoms with van der Waals surface area (Å²) in [4.78, 5) is 30.7. The third-order valence-electron chi connectivity index (χ3n) is 7.31. The first-order valence-corrected chi connectivity index (χ1v) is 13.6. The smallest absolute Gasteiger partial charge is 0.404 e. The third-order valence-corrected chi connectivity index (χ3v) is 7.31. The molecule has 0 spiro atoms. The Hall–Kier alpha value is -4.00. The van der Waals surface area contributed by atoms with Crippen LogP contribution in [0.5, 0.6) is 0 Å². The number of benzene rings is 2. The lowest BCUT2D eigenvalue weighted by molar-refractivity contribution is -0.137. The van der Waals surface area contributed by atoms with Crippen molar-refractivity contribution in [1.82, 2.24) is 10.6 Å². The second-order valence-corrected chi connectivity index (χ2v) is 10.3. The fourth-order valence-corrected chi connectivity index (χ4v) is 4.91. The highest BCUT2D eigenvalue weighted by molar-refractivity contribution is 6.13. The number of rotatable bonds is 9. The Morgan fingerprint density at radius 3 is 2.50 bits per heavy atom. The number of ether oxygens (including phenoxy) is 1. The molecule has 2 amide bonds. The molecule has 42 heavy (non-hydrogen) atoms. The first-order chi connectivity index (χ1) is 20.0. The highest BCUT2D eigenvalue weighted by Gasteiger charge is 2.44. The van der Waals surface area contributed by atoms with Crippen LogP contribution in [0, 0.1) is 11.6 Å². The summed E-state index contributed by atoms with van der Waals surface area (Å²) in [5, 5.41) is 7.76. The first kappa shape index (κ1) is 30.9. The molecule has 0 bridgehead atoms. The van der Waals surface area contributed by atoms with Crippen LogP contribution < -0.4 is 21.7 Å². The van der Waals surface area contributed by atoms with Gasteiger partial charge in [-0.2, -0.15) is 13.2 Å². The molecule has 2 aromatic carbocycles. The zero-order chi connectivity index (χ0) is 30.3. The van der Waals surface area contributed by atoms with E-state index >= 15 is 0 Å². The number of carbonyl (C=O) groups excluding carboxylic acids is 2. The number of nitrogens with one attached hydrogen (secondary N) is 3. The number of aliphatic imine (C=N–C) groups is 1. The molecule has 13 heteroatoms. The molecular formula is C29H32F5N5O3. The van der Waals surface area contributed by atoms with E-state index in [1.54, 1.807) is 0 Å². The van der Waals surface area contributed by atoms with Gasteiger partial charge in [-0.1, -0.05) is 25.3 Å². The number of halogens is 5. The summed E-state index contributed by atoms with van der Waals surface area (Å²) < 4.78 is 73.5. The summed E-state index contributed by atoms with van der Waals surface area (Å²) in [7, 11) is 0. The topological polar surface area (TPSA) is 118 Å². The van der Waals surface area contributed by atoms with E-state index in [0.717, 1.165) is 56.5 Å². The number of nitrogens with two attached hydrogens (primary N) is 1. The minimum Gasteiger partial charge on any atom is -0.404 e. The molecule has 1 heterocycles. The quantitative estimate of drug-likeness (QED) is 0.188. The van der Waals surface area contributed by atoms with Gasteiger partial charge in [0.25, 0.3) is 5.91 Å². The number of alkyl halides is 3. The molecule has 1 saturated carbocycles. The van der Waals surface area contributed by atoms with E-state index in [2.05, 4.69) is 20.9 Å². The van der Waals surface area contributed by atoms with Crippen LogP contribution in [0.25, 0.3) is 0 Å². The van der Waals surface area contributed by atoms with Gasteiger partial charge in [0.1, 0.15) is 17.2 Å². The fraction of sp³-hybridized carbons (Fsp3) is 0.414. The van der Waals surface area contributed by atoms with Crippen LogP contribution in [0.3, 0.4) is 0 Å². The van der Waals surface area contributed by atoms with E-state index in [9.17, 15) is 31.5 Å². The van der Waals surface area contributed by atoms with Crippen molar-refractivity contribution >= 4 is 29.4 Å². The van der Waals surface area contributed by atoms with E-state index in [1.165, 1.54) is 18.3 Å². The van der Waals surface area contributed by atoms with Crippen LogP contribution in [-0.2, 0) is 27.0 Å². The van der Waals surface area contributed by atoms with Gasteiger partial charge >= 0.3 is 6.18 Å². The van der Waals surface area contributed by atoms with Gasteiger partial charge in [-0.15, -0.1) is 0 Å². The van der Waals surface area contributed by atoms with Gasteiger partial charge in [0.2, 0.25) is 5.91 Å². The Morgan fingerprint density at radius 2 is 1.86 bits per heavy atom. The normalized spacial score (nSPS) is 20.1. The van der Waals surface area contributed by atoms with E-state index in [-0.39, 0.29) is 49.0 Å². The largest absolute Gasteiger partial charge is 0.418 e. The van der Waals surface area contributed by atoms with Gasteiger partial charge in [0, 0.05) is 49.3 Å². The van der Waals surface area contributed by atoms with Crippen molar-refractivity contribution in [2.75, 3.05) is 18.5 Å². The SMILES string of the molecule is NC=C(C=NC1CCCCC1)C(=O)N[C@@]1(C(=O)NCc2ccc(Nc3ccc(F)cc3C(F)(F)F)cc2F)CCOC1. The van der Waals surface area contributed by atoms with Gasteiger partial charge in [0.05, 0.1) is 23.4 Å². The minimum absolute atomic E-state index is 0.0106. The summed E-state index contributed by atoms with van der Waals surface area (Å²) >= 11 is 0. The van der Waals surface area contributed by atoms with Crippen molar-refractivity contribution < 1.29 is 36.3 Å². The highest BCUT2D eigenvalue weighted by atomic mass is 19.4. The Bertz CT molecular complexity index is 1350. The summed E-state index contributed by atoms with van der Waals surface area (Å²) in [5.74, 6) is -3.06. The van der Waals surface area contributed by atoms with Gasteiger partial charge < -0.3 is 26.4 Å². The van der Waals surface area contributed by atoms with Crippen molar-refractivity contribution in [3.63, 3.8) is 0 Å². The summed E-state index contributed by atoms with van der Waals surface area (Å²) in [6.07, 6.45) is 3.06. The summed E-state index contributed by atoms with van der Waals surface area (Å²) in [6, 6.07) is 5.82. The number of hydrogen-bond acceptors (Lipinski definition) is 6. The molecule has 0 radical (unpaired) electrons. The van der Waals surface area contributed by atoms with Gasteiger partial charge in [0.15, 0.2) is 0 Å². The van der Waals surface area contributed by atoms with Crippen LogP contribution in [0.2, 0.25) is 0 Å². The second kappa shape index (κ2) is 13.3. The molecule has 2 aliphatic rings. The molecule has 4 rings (SSSR count). The molecule has 5 N–H and O–H groups in total. The molecule has 1 aliphatic carbocycles.